The van der Waals surface area contributed by atoms with Crippen molar-refractivity contribution in [3.05, 3.63) is 52.8 Å². The zero-order chi connectivity index (χ0) is 23.6. The lowest BCUT2D eigenvalue weighted by Crippen LogP contribution is -2.26. The fourth-order valence-corrected chi connectivity index (χ4v) is 3.98. The lowest BCUT2D eigenvalue weighted by atomic mass is 10.1. The molecule has 1 N–H and O–H groups in total. The molecule has 0 radical (unpaired) electrons. The van der Waals surface area contributed by atoms with Crippen LogP contribution in [0.25, 0.3) is 22.8 Å². The molecule has 0 saturated carbocycles. The third-order valence-electron chi connectivity index (χ3n) is 5.60. The molecule has 1 aromatic carbocycles. The molecule has 33 heavy (non-hydrogen) atoms. The molecule has 3 aromatic rings. The normalized spacial score (nSPS) is 13.2. The number of halogens is 3. The van der Waals surface area contributed by atoms with Gasteiger partial charge in [0.1, 0.15) is 0 Å². The van der Waals surface area contributed by atoms with Crippen LogP contribution in [0.3, 0.4) is 0 Å². The van der Waals surface area contributed by atoms with Gasteiger partial charge in [0.15, 0.2) is 11.5 Å². The number of hydrogen-bond donors (Lipinski definition) is 1. The second-order valence-corrected chi connectivity index (χ2v) is 7.90. The van der Waals surface area contributed by atoms with Gasteiger partial charge >= 0.3 is 6.18 Å². The number of ether oxygens (including phenoxy) is 1. The minimum absolute atomic E-state index is 0.247. The SMILES string of the molecule is COCCCNC(=O)c1nn(C)c2c1CCCc1cnc(-c3ccc(C(F)(F)F)cc3)nc1-2. The minimum atomic E-state index is -4.41. The number of fused-ring (bicyclic) bond motifs is 3. The van der Waals surface area contributed by atoms with Crippen molar-refractivity contribution in [2.24, 2.45) is 7.05 Å². The van der Waals surface area contributed by atoms with Gasteiger partial charge < -0.3 is 10.1 Å². The number of rotatable bonds is 6. The maximum atomic E-state index is 12.9. The largest absolute Gasteiger partial charge is 0.416 e. The number of aromatic nitrogens is 4. The van der Waals surface area contributed by atoms with Crippen molar-refractivity contribution in [1.82, 2.24) is 25.1 Å². The van der Waals surface area contributed by atoms with Gasteiger partial charge in [0.05, 0.1) is 17.0 Å². The summed E-state index contributed by atoms with van der Waals surface area (Å²) in [5, 5.41) is 7.34. The van der Waals surface area contributed by atoms with Gasteiger partial charge in [0, 0.05) is 44.6 Å². The zero-order valence-corrected chi connectivity index (χ0v) is 18.4. The van der Waals surface area contributed by atoms with Crippen molar-refractivity contribution in [3.63, 3.8) is 0 Å². The number of benzene rings is 1. The molecule has 4 rings (SSSR count). The minimum Gasteiger partial charge on any atom is -0.385 e. The molecular weight excluding hydrogens is 435 g/mol. The lowest BCUT2D eigenvalue weighted by molar-refractivity contribution is -0.137. The molecule has 1 amide bonds. The highest BCUT2D eigenvalue weighted by molar-refractivity contribution is 5.95. The number of nitrogens with one attached hydrogen (secondary N) is 1. The van der Waals surface area contributed by atoms with Gasteiger partial charge in [-0.3, -0.25) is 9.48 Å². The maximum Gasteiger partial charge on any atom is 0.416 e. The summed E-state index contributed by atoms with van der Waals surface area (Å²) >= 11 is 0. The van der Waals surface area contributed by atoms with E-state index in [0.29, 0.717) is 48.8 Å². The monoisotopic (exact) mass is 459 g/mol. The molecule has 0 unspecified atom stereocenters. The van der Waals surface area contributed by atoms with Crippen LogP contribution in [0.1, 0.15) is 40.0 Å². The van der Waals surface area contributed by atoms with Gasteiger partial charge in [0.25, 0.3) is 5.91 Å². The number of aryl methyl sites for hydroxylation is 2. The molecule has 2 heterocycles. The lowest BCUT2D eigenvalue weighted by Gasteiger charge is -2.10. The van der Waals surface area contributed by atoms with Crippen LogP contribution in [-0.2, 0) is 30.8 Å². The van der Waals surface area contributed by atoms with Crippen LogP contribution in [0.2, 0.25) is 0 Å². The van der Waals surface area contributed by atoms with Crippen LogP contribution in [-0.4, -0.2) is 45.9 Å². The quantitative estimate of drug-likeness (QED) is 0.567. The Morgan fingerprint density at radius 3 is 2.67 bits per heavy atom. The number of carbonyl (C=O) groups excluding carboxylic acids is 1. The van der Waals surface area contributed by atoms with Crippen molar-refractivity contribution in [2.45, 2.75) is 31.9 Å². The van der Waals surface area contributed by atoms with E-state index >= 15 is 0 Å². The van der Waals surface area contributed by atoms with E-state index in [1.807, 2.05) is 0 Å². The van der Waals surface area contributed by atoms with E-state index in [0.717, 1.165) is 41.8 Å². The third-order valence-corrected chi connectivity index (χ3v) is 5.60. The van der Waals surface area contributed by atoms with Crippen molar-refractivity contribution in [2.75, 3.05) is 20.3 Å². The Hall–Kier alpha value is -3.27. The summed E-state index contributed by atoms with van der Waals surface area (Å²) in [4.78, 5) is 21.8. The first-order valence-electron chi connectivity index (χ1n) is 10.7. The Labute approximate surface area is 189 Å². The number of amides is 1. The summed E-state index contributed by atoms with van der Waals surface area (Å²) in [6.45, 7) is 1.03. The van der Waals surface area contributed by atoms with E-state index in [1.165, 1.54) is 12.1 Å². The summed E-state index contributed by atoms with van der Waals surface area (Å²) in [7, 11) is 3.37. The first-order valence-corrected chi connectivity index (χ1v) is 10.7. The van der Waals surface area contributed by atoms with E-state index in [2.05, 4.69) is 15.4 Å². The molecule has 0 spiro atoms. The molecule has 0 fully saturated rings. The highest BCUT2D eigenvalue weighted by Gasteiger charge is 2.30. The van der Waals surface area contributed by atoms with Crippen molar-refractivity contribution >= 4 is 5.91 Å². The first kappa shape index (κ1) is 22.9. The standard InChI is InChI=1S/C23H24F3N5O2/c1-31-20-17(19(30-31)22(32)27-11-4-12-33-2)6-3-5-15-13-28-21(29-18(15)20)14-7-9-16(10-8-14)23(24,25)26/h7-10,13H,3-6,11-12H2,1-2H3,(H,27,32). The molecule has 1 aliphatic carbocycles. The van der Waals surface area contributed by atoms with Gasteiger partial charge in [-0.05, 0) is 43.4 Å². The average Bonchev–Trinajstić information content (AvgIpc) is 3.00. The number of methoxy groups -OCH3 is 1. The molecule has 0 atom stereocenters. The maximum absolute atomic E-state index is 12.9. The van der Waals surface area contributed by atoms with Gasteiger partial charge in [-0.25, -0.2) is 9.97 Å². The molecule has 1 aliphatic rings. The highest BCUT2D eigenvalue weighted by Crippen LogP contribution is 2.34. The fourth-order valence-electron chi connectivity index (χ4n) is 3.98. The van der Waals surface area contributed by atoms with Crippen LogP contribution in [0, 0.1) is 0 Å². The number of carbonyl (C=O) groups is 1. The topological polar surface area (TPSA) is 81.9 Å². The van der Waals surface area contributed by atoms with Crippen molar-refractivity contribution in [1.29, 1.82) is 0 Å². The van der Waals surface area contributed by atoms with E-state index in [9.17, 15) is 18.0 Å². The fraction of sp³-hybridized carbons (Fsp3) is 0.391. The predicted octanol–water partition coefficient (Wildman–Crippen LogP) is 3.82. The van der Waals surface area contributed by atoms with Gasteiger partial charge in [-0.2, -0.15) is 18.3 Å². The zero-order valence-electron chi connectivity index (χ0n) is 18.4. The summed E-state index contributed by atoms with van der Waals surface area (Å²) in [5.41, 5.74) is 3.25. The van der Waals surface area contributed by atoms with Crippen LogP contribution in [0.4, 0.5) is 13.2 Å². The molecule has 174 valence electrons. The van der Waals surface area contributed by atoms with E-state index in [4.69, 9.17) is 9.72 Å². The Bertz CT molecular complexity index is 1160. The Morgan fingerprint density at radius 2 is 1.97 bits per heavy atom. The molecular formula is C23H24F3N5O2. The van der Waals surface area contributed by atoms with E-state index in [-0.39, 0.29) is 5.91 Å². The second kappa shape index (κ2) is 9.30. The van der Waals surface area contributed by atoms with Crippen LogP contribution < -0.4 is 5.32 Å². The van der Waals surface area contributed by atoms with Crippen LogP contribution in [0.5, 0.6) is 0 Å². The summed E-state index contributed by atoms with van der Waals surface area (Å²) in [6.07, 6.45) is 0.198. The number of hydrogen-bond acceptors (Lipinski definition) is 5. The molecule has 2 aromatic heterocycles. The molecule has 7 nitrogen and oxygen atoms in total. The summed E-state index contributed by atoms with van der Waals surface area (Å²) in [5.74, 6) is 0.0745. The van der Waals surface area contributed by atoms with Crippen molar-refractivity contribution in [3.8, 4) is 22.8 Å². The Balaban J connectivity index is 1.69. The van der Waals surface area contributed by atoms with E-state index < -0.39 is 11.7 Å². The molecule has 0 bridgehead atoms. The summed E-state index contributed by atoms with van der Waals surface area (Å²) in [6, 6.07) is 4.77. The van der Waals surface area contributed by atoms with Gasteiger partial charge in [-0.15, -0.1) is 0 Å². The predicted molar refractivity (Wildman–Crippen MR) is 116 cm³/mol. The molecule has 10 heteroatoms. The first-order chi connectivity index (χ1) is 15.8. The smallest absolute Gasteiger partial charge is 0.385 e. The Kier molecular flexibility index (Phi) is 6.46. The average molecular weight is 459 g/mol. The van der Waals surface area contributed by atoms with Gasteiger partial charge in [-0.1, -0.05) is 12.1 Å². The summed E-state index contributed by atoms with van der Waals surface area (Å²) < 4.78 is 45.4. The number of nitrogens with zero attached hydrogens (tertiary/aromatic N) is 4. The van der Waals surface area contributed by atoms with Crippen molar-refractivity contribution < 1.29 is 22.7 Å². The van der Waals surface area contributed by atoms with Crippen LogP contribution in [0.15, 0.2) is 30.5 Å². The van der Waals surface area contributed by atoms with E-state index in [1.54, 1.807) is 25.0 Å². The molecule has 0 aliphatic heterocycles. The Morgan fingerprint density at radius 1 is 1.21 bits per heavy atom. The second-order valence-electron chi connectivity index (χ2n) is 7.90. The number of alkyl halides is 3. The third kappa shape index (κ3) is 4.75. The van der Waals surface area contributed by atoms with Crippen LogP contribution >= 0.6 is 0 Å². The highest BCUT2D eigenvalue weighted by atomic mass is 19.4. The molecule has 0 saturated heterocycles. The van der Waals surface area contributed by atoms with Gasteiger partial charge in [0.2, 0.25) is 0 Å².